The zero-order valence-corrected chi connectivity index (χ0v) is 25.3. The number of hydrogen-bond acceptors (Lipinski definition) is 7. The molecule has 2 aliphatic heterocycles. The van der Waals surface area contributed by atoms with Gasteiger partial charge in [-0.1, -0.05) is 12.1 Å². The largest absolute Gasteiger partial charge is 0.465 e. The molecule has 0 unspecified atom stereocenters. The average molecular weight is 564 g/mol. The number of rotatable bonds is 9. The van der Waals surface area contributed by atoms with Gasteiger partial charge >= 0.3 is 5.97 Å². The summed E-state index contributed by atoms with van der Waals surface area (Å²) in [6.45, 7) is 7.96. The Balaban J connectivity index is 1.46. The van der Waals surface area contributed by atoms with Gasteiger partial charge in [-0.3, -0.25) is 4.79 Å². The normalized spacial score (nSPS) is 21.6. The molecule has 1 saturated heterocycles. The van der Waals surface area contributed by atoms with E-state index in [9.17, 15) is 9.59 Å². The van der Waals surface area contributed by atoms with Gasteiger partial charge in [-0.05, 0) is 99.9 Å². The molecule has 2 aromatic carbocycles. The van der Waals surface area contributed by atoms with Crippen molar-refractivity contribution in [2.75, 3.05) is 64.4 Å². The van der Waals surface area contributed by atoms with Crippen LogP contribution in [0.5, 0.6) is 0 Å². The van der Waals surface area contributed by atoms with E-state index in [1.165, 1.54) is 7.11 Å². The number of hydrogen-bond donors (Lipinski definition) is 1. The third-order valence-electron chi connectivity index (χ3n) is 9.71. The summed E-state index contributed by atoms with van der Waals surface area (Å²) in [4.78, 5) is 31.0. The lowest BCUT2D eigenvalue weighted by molar-refractivity contribution is -0.124. The molecule has 41 heavy (non-hydrogen) atoms. The first-order valence-electron chi connectivity index (χ1n) is 15.1. The number of carbonyl (C=O) groups is 2. The van der Waals surface area contributed by atoms with Gasteiger partial charge in [-0.2, -0.15) is 0 Å². The summed E-state index contributed by atoms with van der Waals surface area (Å²) in [5, 5.41) is 3.15. The maximum atomic E-state index is 13.1. The molecule has 5 rings (SSSR count). The van der Waals surface area contributed by atoms with Crippen LogP contribution in [0.25, 0.3) is 11.1 Å². The number of anilines is 2. The monoisotopic (exact) mass is 563 g/mol. The SMILES string of the molecule is CCN(c1cc(-c2ccc3c(c2)NC(=O)C32CCOCC2)cc(C(=O)OC)c1C)C1CCC(N(C)CCOC)CC1. The second-order valence-electron chi connectivity index (χ2n) is 11.8. The van der Waals surface area contributed by atoms with Gasteiger partial charge in [0.2, 0.25) is 5.91 Å². The van der Waals surface area contributed by atoms with Crippen LogP contribution in [0, 0.1) is 6.92 Å². The highest BCUT2D eigenvalue weighted by molar-refractivity contribution is 6.07. The van der Waals surface area contributed by atoms with Crippen LogP contribution in [0.1, 0.15) is 66.9 Å². The molecule has 0 radical (unpaired) electrons. The van der Waals surface area contributed by atoms with Crippen molar-refractivity contribution in [3.05, 3.63) is 47.0 Å². The molecule has 1 spiro atoms. The number of nitrogens with zero attached hydrogens (tertiary/aromatic N) is 2. The summed E-state index contributed by atoms with van der Waals surface area (Å²) in [7, 11) is 5.39. The first kappa shape index (κ1) is 29.5. The molecule has 2 fully saturated rings. The number of nitrogens with one attached hydrogen (secondary N) is 1. The summed E-state index contributed by atoms with van der Waals surface area (Å²) < 4.78 is 16.1. The molecule has 3 aliphatic rings. The summed E-state index contributed by atoms with van der Waals surface area (Å²) in [5.41, 5.74) is 5.93. The predicted octanol–water partition coefficient (Wildman–Crippen LogP) is 5.16. The smallest absolute Gasteiger partial charge is 0.338 e. The minimum Gasteiger partial charge on any atom is -0.465 e. The van der Waals surface area contributed by atoms with Crippen molar-refractivity contribution in [2.24, 2.45) is 0 Å². The second kappa shape index (κ2) is 12.5. The minimum absolute atomic E-state index is 0.0634. The maximum Gasteiger partial charge on any atom is 0.338 e. The van der Waals surface area contributed by atoms with Crippen molar-refractivity contribution in [1.29, 1.82) is 0 Å². The van der Waals surface area contributed by atoms with Crippen LogP contribution in [-0.4, -0.2) is 83.0 Å². The summed E-state index contributed by atoms with van der Waals surface area (Å²) in [5.74, 6) is -0.269. The van der Waals surface area contributed by atoms with Gasteiger partial charge in [-0.25, -0.2) is 4.79 Å². The first-order chi connectivity index (χ1) is 19.8. The van der Waals surface area contributed by atoms with Crippen molar-refractivity contribution >= 4 is 23.3 Å². The molecule has 222 valence electrons. The van der Waals surface area contributed by atoms with Crippen molar-refractivity contribution in [3.63, 3.8) is 0 Å². The molecule has 0 aromatic heterocycles. The Morgan fingerprint density at radius 3 is 2.41 bits per heavy atom. The van der Waals surface area contributed by atoms with Crippen LogP contribution in [0.3, 0.4) is 0 Å². The van der Waals surface area contributed by atoms with Crippen LogP contribution < -0.4 is 10.2 Å². The Morgan fingerprint density at radius 2 is 1.76 bits per heavy atom. The molecule has 0 atom stereocenters. The Bertz CT molecular complexity index is 1260. The Kier molecular flexibility index (Phi) is 9.02. The molecule has 1 N–H and O–H groups in total. The van der Waals surface area contributed by atoms with E-state index in [1.807, 2.05) is 13.0 Å². The van der Waals surface area contributed by atoms with Crippen LogP contribution in [-0.2, 0) is 24.4 Å². The van der Waals surface area contributed by atoms with Crippen LogP contribution in [0.4, 0.5) is 11.4 Å². The number of fused-ring (bicyclic) bond motifs is 2. The summed E-state index contributed by atoms with van der Waals surface area (Å²) in [6.07, 6.45) is 5.88. The summed E-state index contributed by atoms with van der Waals surface area (Å²) >= 11 is 0. The summed E-state index contributed by atoms with van der Waals surface area (Å²) in [6, 6.07) is 11.4. The van der Waals surface area contributed by atoms with Gasteiger partial charge in [-0.15, -0.1) is 0 Å². The maximum absolute atomic E-state index is 13.1. The fourth-order valence-electron chi connectivity index (χ4n) is 7.16. The fraction of sp³-hybridized carbons (Fsp3) is 0.576. The third kappa shape index (κ3) is 5.62. The van der Waals surface area contributed by atoms with Gasteiger partial charge in [0.05, 0.1) is 24.7 Å². The predicted molar refractivity (Wildman–Crippen MR) is 162 cm³/mol. The van der Waals surface area contributed by atoms with Gasteiger partial charge in [0.25, 0.3) is 0 Å². The number of ether oxygens (including phenoxy) is 3. The van der Waals surface area contributed by atoms with Gasteiger partial charge in [0.15, 0.2) is 0 Å². The molecule has 2 heterocycles. The average Bonchev–Trinajstić information content (AvgIpc) is 3.26. The molecule has 8 heteroatoms. The molecule has 2 aromatic rings. The number of methoxy groups -OCH3 is 2. The zero-order chi connectivity index (χ0) is 29.1. The topological polar surface area (TPSA) is 80.3 Å². The molecular weight excluding hydrogens is 518 g/mol. The number of benzene rings is 2. The number of likely N-dealkylation sites (N-methyl/N-ethyl adjacent to an activating group) is 1. The Labute approximate surface area is 244 Å². The lowest BCUT2D eigenvalue weighted by Crippen LogP contribution is -2.44. The van der Waals surface area contributed by atoms with Crippen LogP contribution >= 0.6 is 0 Å². The quantitative estimate of drug-likeness (QED) is 0.422. The van der Waals surface area contributed by atoms with Crippen molar-refractivity contribution < 1.29 is 23.8 Å². The Hall–Kier alpha value is -2.94. The van der Waals surface area contributed by atoms with Crippen molar-refractivity contribution in [1.82, 2.24) is 4.90 Å². The molecule has 1 aliphatic carbocycles. The zero-order valence-electron chi connectivity index (χ0n) is 25.3. The minimum atomic E-state index is -0.503. The van der Waals surface area contributed by atoms with E-state index in [2.05, 4.69) is 53.4 Å². The van der Waals surface area contributed by atoms with Crippen molar-refractivity contribution in [3.8, 4) is 11.1 Å². The lowest BCUT2D eigenvalue weighted by Gasteiger charge is -2.41. The molecule has 1 amide bonds. The van der Waals surface area contributed by atoms with Gasteiger partial charge in [0.1, 0.15) is 0 Å². The molecule has 8 nitrogen and oxygen atoms in total. The highest BCUT2D eigenvalue weighted by Gasteiger charge is 2.47. The van der Waals surface area contributed by atoms with E-state index in [0.29, 0.717) is 43.7 Å². The molecular formula is C33H45N3O5. The Morgan fingerprint density at radius 1 is 1.05 bits per heavy atom. The standard InChI is InChI=1S/C33H45N3O5/c1-6-36(26-10-8-25(9-11-26)35(3)15-18-39-4)30-21-24(19-27(22(30)2)31(37)40-5)23-7-12-28-29(20-23)34-32(38)33(28)13-16-41-17-14-33/h7,12,19-21,25-26H,6,8-11,13-18H2,1-5H3,(H,34,38). The van der Waals surface area contributed by atoms with E-state index >= 15 is 0 Å². The van der Waals surface area contributed by atoms with Gasteiger partial charge in [0, 0.05) is 56.9 Å². The molecule has 0 bridgehead atoms. The van der Waals surface area contributed by atoms with Crippen molar-refractivity contribution in [2.45, 2.75) is 69.9 Å². The number of esters is 1. The van der Waals surface area contributed by atoms with E-state index in [1.54, 1.807) is 7.11 Å². The van der Waals surface area contributed by atoms with E-state index < -0.39 is 5.41 Å². The van der Waals surface area contributed by atoms with E-state index in [-0.39, 0.29) is 11.9 Å². The van der Waals surface area contributed by atoms with Crippen LogP contribution in [0.15, 0.2) is 30.3 Å². The second-order valence-corrected chi connectivity index (χ2v) is 11.8. The number of carbonyl (C=O) groups excluding carboxylic acids is 2. The lowest BCUT2D eigenvalue weighted by atomic mass is 9.75. The van der Waals surface area contributed by atoms with E-state index in [0.717, 1.165) is 79.0 Å². The highest BCUT2D eigenvalue weighted by atomic mass is 16.5. The first-order valence-corrected chi connectivity index (χ1v) is 15.1. The number of amides is 1. The fourth-order valence-corrected chi connectivity index (χ4v) is 7.16. The van der Waals surface area contributed by atoms with Gasteiger partial charge < -0.3 is 29.3 Å². The molecule has 1 saturated carbocycles. The van der Waals surface area contributed by atoms with E-state index in [4.69, 9.17) is 14.2 Å². The van der Waals surface area contributed by atoms with Crippen LogP contribution in [0.2, 0.25) is 0 Å². The highest BCUT2D eigenvalue weighted by Crippen LogP contribution is 2.46. The third-order valence-corrected chi connectivity index (χ3v) is 9.71.